The summed E-state index contributed by atoms with van der Waals surface area (Å²) in [5.41, 5.74) is 4.70. The molecule has 2 aromatic rings. The molecule has 0 amide bonds. The zero-order chi connectivity index (χ0) is 15.2. The maximum absolute atomic E-state index is 11.4. The first-order valence-corrected chi connectivity index (χ1v) is 8.05. The van der Waals surface area contributed by atoms with Crippen molar-refractivity contribution in [1.29, 1.82) is 0 Å². The molecule has 0 saturated heterocycles. The van der Waals surface area contributed by atoms with Gasteiger partial charge < -0.3 is 5.11 Å². The van der Waals surface area contributed by atoms with Gasteiger partial charge in [0, 0.05) is 5.75 Å². The van der Waals surface area contributed by atoms with Crippen LogP contribution in [0, 0.1) is 13.8 Å². The Morgan fingerprint density at radius 1 is 1.05 bits per heavy atom. The molecule has 0 aromatic heterocycles. The second-order valence-electron chi connectivity index (χ2n) is 5.32. The predicted molar refractivity (Wildman–Crippen MR) is 88.8 cm³/mol. The summed E-state index contributed by atoms with van der Waals surface area (Å²) in [7, 11) is 0. The number of aryl methyl sites for hydroxylation is 2. The highest BCUT2D eigenvalue weighted by Crippen LogP contribution is 2.23. The molecular formula is C18H20O2S. The van der Waals surface area contributed by atoms with Crippen LogP contribution in [0.3, 0.4) is 0 Å². The Hall–Kier alpha value is -1.74. The lowest BCUT2D eigenvalue weighted by molar-refractivity contribution is -0.136. The highest BCUT2D eigenvalue weighted by molar-refractivity contribution is 7.99. The normalized spacial score (nSPS) is 12.1. The maximum atomic E-state index is 11.4. The van der Waals surface area contributed by atoms with E-state index in [1.165, 1.54) is 28.5 Å². The van der Waals surface area contributed by atoms with Gasteiger partial charge in [0.25, 0.3) is 0 Å². The summed E-state index contributed by atoms with van der Waals surface area (Å²) in [5.74, 6) is -0.0139. The summed E-state index contributed by atoms with van der Waals surface area (Å²) in [4.78, 5) is 11.4. The van der Waals surface area contributed by atoms with Crippen LogP contribution in [0.25, 0.3) is 0 Å². The van der Waals surface area contributed by atoms with Crippen molar-refractivity contribution in [3.05, 3.63) is 70.8 Å². The first-order chi connectivity index (χ1) is 10.0. The van der Waals surface area contributed by atoms with Crippen LogP contribution >= 0.6 is 11.8 Å². The second-order valence-corrected chi connectivity index (χ2v) is 6.51. The van der Waals surface area contributed by atoms with E-state index in [0.29, 0.717) is 6.42 Å². The molecule has 21 heavy (non-hydrogen) atoms. The molecule has 0 fully saturated rings. The van der Waals surface area contributed by atoms with Crippen LogP contribution in [-0.2, 0) is 17.0 Å². The van der Waals surface area contributed by atoms with Gasteiger partial charge in [0.1, 0.15) is 5.25 Å². The van der Waals surface area contributed by atoms with Gasteiger partial charge in [-0.05, 0) is 31.4 Å². The van der Waals surface area contributed by atoms with E-state index in [1.54, 1.807) is 0 Å². The molecule has 1 atom stereocenters. The van der Waals surface area contributed by atoms with Crippen LogP contribution in [0.4, 0.5) is 0 Å². The number of aliphatic carboxylic acids is 1. The lowest BCUT2D eigenvalue weighted by atomic mass is 10.1. The Kier molecular flexibility index (Phi) is 5.45. The Morgan fingerprint density at radius 2 is 1.67 bits per heavy atom. The minimum Gasteiger partial charge on any atom is -0.480 e. The van der Waals surface area contributed by atoms with Gasteiger partial charge in [-0.3, -0.25) is 4.79 Å². The molecule has 2 nitrogen and oxygen atoms in total. The minimum absolute atomic E-state index is 0.409. The maximum Gasteiger partial charge on any atom is 0.316 e. The smallest absolute Gasteiger partial charge is 0.316 e. The summed E-state index contributed by atoms with van der Waals surface area (Å²) < 4.78 is 0. The van der Waals surface area contributed by atoms with Crippen molar-refractivity contribution in [2.24, 2.45) is 0 Å². The van der Waals surface area contributed by atoms with Crippen LogP contribution in [0.15, 0.2) is 48.5 Å². The van der Waals surface area contributed by atoms with Crippen molar-refractivity contribution in [3.8, 4) is 0 Å². The highest BCUT2D eigenvalue weighted by Gasteiger charge is 2.18. The van der Waals surface area contributed by atoms with Gasteiger partial charge >= 0.3 is 5.97 Å². The lowest BCUT2D eigenvalue weighted by Gasteiger charge is -2.13. The molecule has 1 N–H and O–H groups in total. The Labute approximate surface area is 130 Å². The van der Waals surface area contributed by atoms with Crippen LogP contribution in [-0.4, -0.2) is 16.3 Å². The summed E-state index contributed by atoms with van der Waals surface area (Å²) in [6, 6.07) is 16.2. The standard InChI is InChI=1S/C18H20O2S/c1-13-8-14(2)10-16(9-13)12-21-17(18(19)20)11-15-6-4-3-5-7-15/h3-10,17H,11-12H2,1-2H3,(H,19,20). The second kappa shape index (κ2) is 7.32. The fourth-order valence-electron chi connectivity index (χ4n) is 2.39. The van der Waals surface area contributed by atoms with E-state index in [-0.39, 0.29) is 0 Å². The van der Waals surface area contributed by atoms with Crippen molar-refractivity contribution < 1.29 is 9.90 Å². The number of hydrogen-bond acceptors (Lipinski definition) is 2. The van der Waals surface area contributed by atoms with E-state index in [4.69, 9.17) is 0 Å². The number of carboxylic acids is 1. The molecule has 0 heterocycles. The summed E-state index contributed by atoms with van der Waals surface area (Å²) >= 11 is 1.50. The Balaban J connectivity index is 2.02. The van der Waals surface area contributed by atoms with Gasteiger partial charge in [-0.1, -0.05) is 59.7 Å². The summed E-state index contributed by atoms with van der Waals surface area (Å²) in [6.45, 7) is 4.14. The van der Waals surface area contributed by atoms with Gasteiger partial charge in [-0.2, -0.15) is 0 Å². The van der Waals surface area contributed by atoms with Crippen molar-refractivity contribution >= 4 is 17.7 Å². The lowest BCUT2D eigenvalue weighted by Crippen LogP contribution is -2.19. The van der Waals surface area contributed by atoms with E-state index in [1.807, 2.05) is 30.3 Å². The van der Waals surface area contributed by atoms with Crippen molar-refractivity contribution in [2.45, 2.75) is 31.3 Å². The van der Waals surface area contributed by atoms with Crippen LogP contribution in [0.2, 0.25) is 0 Å². The van der Waals surface area contributed by atoms with E-state index in [9.17, 15) is 9.90 Å². The Bertz CT molecular complexity index is 588. The fraction of sp³-hybridized carbons (Fsp3) is 0.278. The van der Waals surface area contributed by atoms with Crippen molar-refractivity contribution in [3.63, 3.8) is 0 Å². The molecule has 110 valence electrons. The van der Waals surface area contributed by atoms with Gasteiger partial charge in [-0.15, -0.1) is 11.8 Å². The molecule has 0 saturated carbocycles. The minimum atomic E-state index is -0.742. The number of hydrogen-bond donors (Lipinski definition) is 1. The average Bonchev–Trinajstić information content (AvgIpc) is 2.43. The quantitative estimate of drug-likeness (QED) is 0.867. The number of benzene rings is 2. The monoisotopic (exact) mass is 300 g/mol. The SMILES string of the molecule is Cc1cc(C)cc(CSC(Cc2ccccc2)C(=O)O)c1. The van der Waals surface area contributed by atoms with E-state index < -0.39 is 11.2 Å². The number of carboxylic acid groups (broad SMARTS) is 1. The first kappa shape index (κ1) is 15.6. The third kappa shape index (κ3) is 4.94. The molecule has 2 aromatic carbocycles. The molecule has 1 unspecified atom stereocenters. The van der Waals surface area contributed by atoms with Crippen LogP contribution in [0.1, 0.15) is 22.3 Å². The highest BCUT2D eigenvalue weighted by atomic mass is 32.2. The predicted octanol–water partition coefficient (Wildman–Crippen LogP) is 4.23. The fourth-order valence-corrected chi connectivity index (χ4v) is 3.41. The van der Waals surface area contributed by atoms with E-state index >= 15 is 0 Å². The molecule has 2 rings (SSSR count). The third-order valence-corrected chi connectivity index (χ3v) is 4.54. The molecule has 3 heteroatoms. The average molecular weight is 300 g/mol. The topological polar surface area (TPSA) is 37.3 Å². The third-order valence-electron chi connectivity index (χ3n) is 3.27. The van der Waals surface area contributed by atoms with Crippen molar-refractivity contribution in [1.82, 2.24) is 0 Å². The summed E-state index contributed by atoms with van der Waals surface area (Å²) in [5, 5.41) is 8.99. The zero-order valence-electron chi connectivity index (χ0n) is 12.4. The van der Waals surface area contributed by atoms with Gasteiger partial charge in [0.15, 0.2) is 0 Å². The van der Waals surface area contributed by atoms with Gasteiger partial charge in [-0.25, -0.2) is 0 Å². The molecule has 0 aliphatic heterocycles. The summed E-state index contributed by atoms with van der Waals surface area (Å²) in [6.07, 6.45) is 0.561. The Morgan fingerprint density at radius 3 is 2.24 bits per heavy atom. The molecule has 0 aliphatic carbocycles. The first-order valence-electron chi connectivity index (χ1n) is 7.00. The van der Waals surface area contributed by atoms with E-state index in [2.05, 4.69) is 32.0 Å². The zero-order valence-corrected chi connectivity index (χ0v) is 13.2. The van der Waals surface area contributed by atoms with Gasteiger partial charge in [0.2, 0.25) is 0 Å². The van der Waals surface area contributed by atoms with E-state index in [0.717, 1.165) is 11.3 Å². The molecular weight excluding hydrogens is 280 g/mol. The van der Waals surface area contributed by atoms with Crippen molar-refractivity contribution in [2.75, 3.05) is 0 Å². The molecule has 0 spiro atoms. The number of rotatable bonds is 6. The number of thioether (sulfide) groups is 1. The molecule has 0 radical (unpaired) electrons. The number of carbonyl (C=O) groups is 1. The largest absolute Gasteiger partial charge is 0.480 e. The molecule has 0 aliphatic rings. The van der Waals surface area contributed by atoms with Gasteiger partial charge in [0.05, 0.1) is 0 Å². The van der Waals surface area contributed by atoms with Crippen LogP contribution in [0.5, 0.6) is 0 Å². The molecule has 0 bridgehead atoms. The van der Waals surface area contributed by atoms with Crippen LogP contribution < -0.4 is 0 Å².